The van der Waals surface area contributed by atoms with Crippen molar-refractivity contribution in [1.82, 2.24) is 14.8 Å². The van der Waals surface area contributed by atoms with E-state index >= 15 is 0 Å². The first-order chi connectivity index (χ1) is 12.8. The second-order valence-corrected chi connectivity index (χ2v) is 7.48. The van der Waals surface area contributed by atoms with Gasteiger partial charge in [-0.25, -0.2) is 0 Å². The SMILES string of the molecule is O=C(C1CCN(Cc2ccccc2-c2cccnc2)CC1)N1CCCC1. The maximum absolute atomic E-state index is 12.6. The van der Waals surface area contributed by atoms with E-state index < -0.39 is 0 Å². The molecule has 1 aromatic carbocycles. The van der Waals surface area contributed by atoms with E-state index in [9.17, 15) is 4.79 Å². The van der Waals surface area contributed by atoms with E-state index in [1.807, 2.05) is 18.5 Å². The summed E-state index contributed by atoms with van der Waals surface area (Å²) in [5.41, 5.74) is 3.77. The van der Waals surface area contributed by atoms with Crippen LogP contribution < -0.4 is 0 Å². The summed E-state index contributed by atoms with van der Waals surface area (Å²) in [7, 11) is 0. The number of hydrogen-bond acceptors (Lipinski definition) is 3. The summed E-state index contributed by atoms with van der Waals surface area (Å²) in [6, 6.07) is 12.7. The van der Waals surface area contributed by atoms with Crippen LogP contribution in [-0.2, 0) is 11.3 Å². The van der Waals surface area contributed by atoms with Crippen molar-refractivity contribution < 1.29 is 4.79 Å². The number of carbonyl (C=O) groups excluding carboxylic acids is 1. The zero-order valence-electron chi connectivity index (χ0n) is 15.3. The minimum atomic E-state index is 0.234. The van der Waals surface area contributed by atoms with Crippen LogP contribution >= 0.6 is 0 Å². The van der Waals surface area contributed by atoms with Crippen LogP contribution in [0, 0.1) is 5.92 Å². The van der Waals surface area contributed by atoms with Gasteiger partial charge in [0.15, 0.2) is 0 Å². The Hall–Kier alpha value is -2.20. The molecule has 4 nitrogen and oxygen atoms in total. The van der Waals surface area contributed by atoms with Crippen LogP contribution in [0.25, 0.3) is 11.1 Å². The number of hydrogen-bond donors (Lipinski definition) is 0. The van der Waals surface area contributed by atoms with Crippen molar-refractivity contribution >= 4 is 5.91 Å². The predicted octanol–water partition coefficient (Wildman–Crippen LogP) is 3.58. The molecule has 2 fully saturated rings. The van der Waals surface area contributed by atoms with Gasteiger partial charge in [-0.2, -0.15) is 0 Å². The van der Waals surface area contributed by atoms with Crippen LogP contribution in [0.1, 0.15) is 31.2 Å². The highest BCUT2D eigenvalue weighted by atomic mass is 16.2. The Morgan fingerprint density at radius 3 is 2.50 bits per heavy atom. The minimum Gasteiger partial charge on any atom is -0.342 e. The number of pyridine rings is 1. The number of nitrogens with zero attached hydrogens (tertiary/aromatic N) is 3. The highest BCUT2D eigenvalue weighted by Crippen LogP contribution is 2.27. The van der Waals surface area contributed by atoms with Gasteiger partial charge in [-0.3, -0.25) is 14.7 Å². The molecular formula is C22H27N3O. The van der Waals surface area contributed by atoms with E-state index in [1.54, 1.807) is 0 Å². The predicted molar refractivity (Wildman–Crippen MR) is 103 cm³/mol. The number of likely N-dealkylation sites (tertiary alicyclic amines) is 2. The molecule has 2 aliphatic heterocycles. The molecule has 0 bridgehead atoms. The van der Waals surface area contributed by atoms with Gasteiger partial charge in [-0.1, -0.05) is 30.3 Å². The lowest BCUT2D eigenvalue weighted by atomic mass is 9.94. The molecule has 4 heteroatoms. The fraction of sp³-hybridized carbons (Fsp3) is 0.455. The standard InChI is InChI=1S/C22H27N3O/c26-22(25-12-3-4-13-25)18-9-14-24(15-10-18)17-20-6-1-2-8-21(20)19-7-5-11-23-16-19/h1-2,5-8,11,16,18H,3-4,9-10,12-15,17H2. The normalized spacial score (nSPS) is 19.0. The lowest BCUT2D eigenvalue weighted by molar-refractivity contribution is -0.136. The molecule has 0 saturated carbocycles. The molecule has 1 amide bonds. The number of rotatable bonds is 4. The molecule has 2 aliphatic rings. The van der Waals surface area contributed by atoms with Gasteiger partial charge in [0.2, 0.25) is 5.91 Å². The highest BCUT2D eigenvalue weighted by molar-refractivity contribution is 5.79. The quantitative estimate of drug-likeness (QED) is 0.846. The molecule has 0 N–H and O–H groups in total. The van der Waals surface area contributed by atoms with Gasteiger partial charge in [0.1, 0.15) is 0 Å². The molecule has 0 aliphatic carbocycles. The number of piperidine rings is 1. The maximum Gasteiger partial charge on any atom is 0.225 e. The molecule has 0 spiro atoms. The molecule has 2 aromatic rings. The van der Waals surface area contributed by atoms with Gasteiger partial charge in [0.25, 0.3) is 0 Å². The lowest BCUT2D eigenvalue weighted by Gasteiger charge is -2.33. The Bertz CT molecular complexity index is 732. The van der Waals surface area contributed by atoms with E-state index in [-0.39, 0.29) is 5.92 Å². The highest BCUT2D eigenvalue weighted by Gasteiger charge is 2.29. The van der Waals surface area contributed by atoms with E-state index in [0.29, 0.717) is 5.91 Å². The number of carbonyl (C=O) groups is 1. The monoisotopic (exact) mass is 349 g/mol. The Kier molecular flexibility index (Phi) is 5.30. The smallest absolute Gasteiger partial charge is 0.225 e. The number of amides is 1. The summed E-state index contributed by atoms with van der Waals surface area (Å²) in [6.45, 7) is 4.89. The fourth-order valence-corrected chi connectivity index (χ4v) is 4.24. The molecule has 0 unspecified atom stereocenters. The molecule has 26 heavy (non-hydrogen) atoms. The van der Waals surface area contributed by atoms with Gasteiger partial charge in [0, 0.05) is 43.5 Å². The van der Waals surface area contributed by atoms with Crippen molar-refractivity contribution in [2.24, 2.45) is 5.92 Å². The molecule has 1 aromatic heterocycles. The third-order valence-electron chi connectivity index (χ3n) is 5.74. The first-order valence-corrected chi connectivity index (χ1v) is 9.81. The van der Waals surface area contributed by atoms with Gasteiger partial charge in [0.05, 0.1) is 0 Å². The zero-order valence-corrected chi connectivity index (χ0v) is 15.3. The van der Waals surface area contributed by atoms with Gasteiger partial charge in [-0.05, 0) is 56.0 Å². The lowest BCUT2D eigenvalue weighted by Crippen LogP contribution is -2.41. The third-order valence-corrected chi connectivity index (χ3v) is 5.74. The summed E-state index contributed by atoms with van der Waals surface area (Å²) in [4.78, 5) is 21.4. The van der Waals surface area contributed by atoms with Gasteiger partial charge in [-0.15, -0.1) is 0 Å². The maximum atomic E-state index is 12.6. The Morgan fingerprint density at radius 1 is 1.00 bits per heavy atom. The number of benzene rings is 1. The van der Waals surface area contributed by atoms with Gasteiger partial charge >= 0.3 is 0 Å². The van der Waals surface area contributed by atoms with E-state index in [4.69, 9.17) is 0 Å². The summed E-state index contributed by atoms with van der Waals surface area (Å²) in [6.07, 6.45) is 8.08. The average molecular weight is 349 g/mol. The number of aromatic nitrogens is 1. The summed E-state index contributed by atoms with van der Waals surface area (Å²) in [5.74, 6) is 0.635. The van der Waals surface area contributed by atoms with E-state index in [2.05, 4.69) is 45.1 Å². The molecular weight excluding hydrogens is 322 g/mol. The Labute approximate surface area is 155 Å². The van der Waals surface area contributed by atoms with Crippen molar-refractivity contribution in [2.75, 3.05) is 26.2 Å². The molecule has 3 heterocycles. The molecule has 0 radical (unpaired) electrons. The summed E-state index contributed by atoms with van der Waals surface area (Å²) in [5, 5.41) is 0. The van der Waals surface area contributed by atoms with Crippen molar-refractivity contribution in [2.45, 2.75) is 32.2 Å². The van der Waals surface area contributed by atoms with Crippen molar-refractivity contribution in [3.05, 3.63) is 54.4 Å². The van der Waals surface area contributed by atoms with Crippen LogP contribution in [0.2, 0.25) is 0 Å². The Balaban J connectivity index is 1.38. The summed E-state index contributed by atoms with van der Waals surface area (Å²) < 4.78 is 0. The van der Waals surface area contributed by atoms with Crippen LogP contribution in [0.15, 0.2) is 48.8 Å². The first-order valence-electron chi connectivity index (χ1n) is 9.81. The first kappa shape index (κ1) is 17.2. The molecule has 0 atom stereocenters. The third kappa shape index (κ3) is 3.80. The molecule has 136 valence electrons. The largest absolute Gasteiger partial charge is 0.342 e. The van der Waals surface area contributed by atoms with Crippen LogP contribution in [0.4, 0.5) is 0 Å². The second-order valence-electron chi connectivity index (χ2n) is 7.48. The van der Waals surface area contributed by atoms with Crippen molar-refractivity contribution in [3.8, 4) is 11.1 Å². The van der Waals surface area contributed by atoms with Crippen LogP contribution in [0.5, 0.6) is 0 Å². The average Bonchev–Trinajstić information content (AvgIpc) is 3.24. The topological polar surface area (TPSA) is 36.4 Å². The van der Waals surface area contributed by atoms with E-state index in [0.717, 1.165) is 45.6 Å². The minimum absolute atomic E-state index is 0.234. The Morgan fingerprint density at radius 2 is 1.77 bits per heavy atom. The van der Waals surface area contributed by atoms with Gasteiger partial charge < -0.3 is 4.90 Å². The fourth-order valence-electron chi connectivity index (χ4n) is 4.24. The molecule has 4 rings (SSSR count). The van der Waals surface area contributed by atoms with E-state index in [1.165, 1.54) is 29.5 Å². The van der Waals surface area contributed by atoms with Crippen LogP contribution in [-0.4, -0.2) is 46.9 Å². The zero-order chi connectivity index (χ0) is 17.8. The molecule has 2 saturated heterocycles. The van der Waals surface area contributed by atoms with Crippen molar-refractivity contribution in [1.29, 1.82) is 0 Å². The second kappa shape index (κ2) is 8.00. The summed E-state index contributed by atoms with van der Waals surface area (Å²) >= 11 is 0. The van der Waals surface area contributed by atoms with Crippen molar-refractivity contribution in [3.63, 3.8) is 0 Å². The van der Waals surface area contributed by atoms with Crippen LogP contribution in [0.3, 0.4) is 0 Å².